The molecular formula is C18H30N2O. The number of hydrogen-bond acceptors (Lipinski definition) is 3. The predicted molar refractivity (Wildman–Crippen MR) is 88.7 cm³/mol. The maximum Gasteiger partial charge on any atom is 0.0462 e. The number of unbranched alkanes of at least 4 members (excludes halogenated alkanes) is 1. The molecule has 118 valence electrons. The molecule has 0 radical (unpaired) electrons. The van der Waals surface area contributed by atoms with E-state index in [9.17, 15) is 0 Å². The highest BCUT2D eigenvalue weighted by molar-refractivity contribution is 5.16. The number of benzene rings is 1. The molecule has 0 aliphatic carbocycles. The van der Waals surface area contributed by atoms with Crippen molar-refractivity contribution >= 4 is 0 Å². The van der Waals surface area contributed by atoms with Gasteiger partial charge in [-0.05, 0) is 51.3 Å². The van der Waals surface area contributed by atoms with E-state index in [1.54, 1.807) is 7.11 Å². The molecule has 1 aromatic carbocycles. The molecule has 1 heterocycles. The van der Waals surface area contributed by atoms with Crippen LogP contribution in [0.1, 0.15) is 31.7 Å². The molecule has 0 aromatic heterocycles. The van der Waals surface area contributed by atoms with E-state index in [0.717, 1.165) is 32.5 Å². The molecule has 2 atom stereocenters. The third-order valence-electron chi connectivity index (χ3n) is 4.44. The van der Waals surface area contributed by atoms with E-state index in [1.165, 1.54) is 24.9 Å². The zero-order valence-electron chi connectivity index (χ0n) is 13.6. The van der Waals surface area contributed by atoms with Crippen LogP contribution in [0.3, 0.4) is 0 Å². The van der Waals surface area contributed by atoms with E-state index >= 15 is 0 Å². The maximum atomic E-state index is 5.15. The van der Waals surface area contributed by atoms with Crippen molar-refractivity contribution in [2.45, 2.75) is 44.7 Å². The Hall–Kier alpha value is -0.900. The van der Waals surface area contributed by atoms with Crippen LogP contribution < -0.4 is 5.32 Å². The second-order valence-electron chi connectivity index (χ2n) is 6.17. The van der Waals surface area contributed by atoms with Crippen molar-refractivity contribution in [2.24, 2.45) is 0 Å². The number of rotatable bonds is 7. The van der Waals surface area contributed by atoms with Gasteiger partial charge < -0.3 is 10.1 Å². The van der Waals surface area contributed by atoms with Gasteiger partial charge in [-0.1, -0.05) is 30.3 Å². The summed E-state index contributed by atoms with van der Waals surface area (Å²) in [6, 6.07) is 12.1. The van der Waals surface area contributed by atoms with E-state index in [4.69, 9.17) is 4.74 Å². The van der Waals surface area contributed by atoms with E-state index < -0.39 is 0 Å². The molecule has 0 amide bonds. The fraction of sp³-hybridized carbons (Fsp3) is 0.667. The molecule has 0 bridgehead atoms. The van der Waals surface area contributed by atoms with E-state index in [2.05, 4.69) is 47.5 Å². The molecule has 3 heteroatoms. The normalized spacial score (nSPS) is 23.9. The first-order valence-corrected chi connectivity index (χ1v) is 8.30. The molecule has 0 spiro atoms. The fourth-order valence-corrected chi connectivity index (χ4v) is 3.11. The third-order valence-corrected chi connectivity index (χ3v) is 4.44. The van der Waals surface area contributed by atoms with Gasteiger partial charge in [0.15, 0.2) is 0 Å². The number of hydrogen-bond donors (Lipinski definition) is 1. The molecule has 1 aliphatic heterocycles. The molecule has 3 nitrogen and oxygen atoms in total. The van der Waals surface area contributed by atoms with Crippen LogP contribution in [0, 0.1) is 0 Å². The Balaban J connectivity index is 1.85. The van der Waals surface area contributed by atoms with Gasteiger partial charge in [0.05, 0.1) is 0 Å². The zero-order chi connectivity index (χ0) is 14.9. The van der Waals surface area contributed by atoms with Crippen molar-refractivity contribution in [3.8, 4) is 0 Å². The van der Waals surface area contributed by atoms with Crippen molar-refractivity contribution < 1.29 is 4.74 Å². The van der Waals surface area contributed by atoms with E-state index in [0.29, 0.717) is 12.1 Å². The van der Waals surface area contributed by atoms with Crippen LogP contribution >= 0.6 is 0 Å². The molecule has 1 aromatic rings. The van der Waals surface area contributed by atoms with Crippen LogP contribution in [0.2, 0.25) is 0 Å². The van der Waals surface area contributed by atoms with E-state index in [-0.39, 0.29) is 0 Å². The monoisotopic (exact) mass is 290 g/mol. The van der Waals surface area contributed by atoms with Crippen LogP contribution in [0.15, 0.2) is 30.3 Å². The van der Waals surface area contributed by atoms with Crippen LogP contribution in [0.5, 0.6) is 0 Å². The van der Waals surface area contributed by atoms with Gasteiger partial charge in [-0.2, -0.15) is 0 Å². The maximum absolute atomic E-state index is 5.15. The largest absolute Gasteiger partial charge is 0.385 e. The average molecular weight is 290 g/mol. The first-order chi connectivity index (χ1) is 10.3. The molecule has 2 rings (SSSR count). The Labute approximate surface area is 129 Å². The molecule has 2 unspecified atom stereocenters. The molecule has 21 heavy (non-hydrogen) atoms. The summed E-state index contributed by atoms with van der Waals surface area (Å²) in [5, 5.41) is 3.73. The lowest BCUT2D eigenvalue weighted by Gasteiger charge is -2.29. The van der Waals surface area contributed by atoms with Crippen LogP contribution in [0.25, 0.3) is 0 Å². The van der Waals surface area contributed by atoms with Gasteiger partial charge in [0.25, 0.3) is 0 Å². The van der Waals surface area contributed by atoms with Gasteiger partial charge in [0.2, 0.25) is 0 Å². The highest BCUT2D eigenvalue weighted by Gasteiger charge is 2.22. The summed E-state index contributed by atoms with van der Waals surface area (Å²) in [6.07, 6.45) is 4.77. The summed E-state index contributed by atoms with van der Waals surface area (Å²) in [7, 11) is 1.79. The molecule has 1 saturated heterocycles. The zero-order valence-corrected chi connectivity index (χ0v) is 13.6. The van der Waals surface area contributed by atoms with Gasteiger partial charge in [-0.15, -0.1) is 0 Å². The summed E-state index contributed by atoms with van der Waals surface area (Å²) < 4.78 is 5.15. The summed E-state index contributed by atoms with van der Waals surface area (Å²) in [6.45, 7) is 6.73. The Kier molecular flexibility index (Phi) is 7.20. The lowest BCUT2D eigenvalue weighted by Crippen LogP contribution is -2.41. The highest BCUT2D eigenvalue weighted by Crippen LogP contribution is 2.13. The van der Waals surface area contributed by atoms with Crippen molar-refractivity contribution in [1.82, 2.24) is 10.2 Å². The minimum absolute atomic E-state index is 0.569. The third kappa shape index (κ3) is 5.77. The smallest absolute Gasteiger partial charge is 0.0462 e. The second-order valence-corrected chi connectivity index (χ2v) is 6.17. The molecule has 0 saturated carbocycles. The van der Waals surface area contributed by atoms with Gasteiger partial charge in [0.1, 0.15) is 0 Å². The summed E-state index contributed by atoms with van der Waals surface area (Å²) in [4.78, 5) is 2.66. The average Bonchev–Trinajstić information content (AvgIpc) is 2.67. The van der Waals surface area contributed by atoms with Gasteiger partial charge in [-0.3, -0.25) is 4.90 Å². The Morgan fingerprint density at radius 2 is 2.05 bits per heavy atom. The summed E-state index contributed by atoms with van der Waals surface area (Å²) >= 11 is 0. The Bertz CT molecular complexity index is 382. The quantitative estimate of drug-likeness (QED) is 0.782. The van der Waals surface area contributed by atoms with Crippen molar-refractivity contribution in [3.05, 3.63) is 35.9 Å². The van der Waals surface area contributed by atoms with Gasteiger partial charge in [0, 0.05) is 32.3 Å². The Morgan fingerprint density at radius 3 is 2.81 bits per heavy atom. The van der Waals surface area contributed by atoms with Gasteiger partial charge >= 0.3 is 0 Å². The highest BCUT2D eigenvalue weighted by atomic mass is 16.5. The van der Waals surface area contributed by atoms with Crippen molar-refractivity contribution in [2.75, 3.05) is 33.4 Å². The SMILES string of the molecule is COCCCCN1CC(Cc2ccccc2)NCCC1C. The van der Waals surface area contributed by atoms with Crippen molar-refractivity contribution in [1.29, 1.82) is 0 Å². The van der Waals surface area contributed by atoms with Gasteiger partial charge in [-0.25, -0.2) is 0 Å². The second kappa shape index (κ2) is 9.19. The first kappa shape index (κ1) is 16.5. The minimum atomic E-state index is 0.569. The molecular weight excluding hydrogens is 260 g/mol. The molecule has 1 fully saturated rings. The number of methoxy groups -OCH3 is 1. The topological polar surface area (TPSA) is 24.5 Å². The minimum Gasteiger partial charge on any atom is -0.385 e. The van der Waals surface area contributed by atoms with Crippen LogP contribution in [-0.4, -0.2) is 50.3 Å². The summed E-state index contributed by atoms with van der Waals surface area (Å²) in [5.74, 6) is 0. The standard InChI is InChI=1S/C18H30N2O/c1-16-10-11-19-18(14-17-8-4-3-5-9-17)15-20(16)12-6-7-13-21-2/h3-5,8-9,16,18-19H,6-7,10-15H2,1-2H3. The first-order valence-electron chi connectivity index (χ1n) is 8.30. The Morgan fingerprint density at radius 1 is 1.24 bits per heavy atom. The number of ether oxygens (including phenoxy) is 1. The molecule has 1 N–H and O–H groups in total. The lowest BCUT2D eigenvalue weighted by molar-refractivity contribution is 0.169. The van der Waals surface area contributed by atoms with Crippen LogP contribution in [-0.2, 0) is 11.2 Å². The number of nitrogens with zero attached hydrogens (tertiary/aromatic N) is 1. The van der Waals surface area contributed by atoms with E-state index in [1.807, 2.05) is 0 Å². The summed E-state index contributed by atoms with van der Waals surface area (Å²) in [5.41, 5.74) is 1.43. The fourth-order valence-electron chi connectivity index (χ4n) is 3.11. The number of nitrogens with one attached hydrogen (secondary N) is 1. The van der Waals surface area contributed by atoms with Crippen molar-refractivity contribution in [3.63, 3.8) is 0 Å². The molecule has 1 aliphatic rings. The lowest BCUT2D eigenvalue weighted by atomic mass is 10.1. The van der Waals surface area contributed by atoms with Crippen LogP contribution in [0.4, 0.5) is 0 Å². The predicted octanol–water partition coefficient (Wildman–Crippen LogP) is 2.71.